The molecule has 11 aromatic carbocycles. The molecule has 96 heavy (non-hydrogen) atoms. The van der Waals surface area contributed by atoms with Crippen LogP contribution in [0.15, 0.2) is 218 Å². The highest BCUT2D eigenvalue weighted by Gasteiger charge is 2.34. The van der Waals surface area contributed by atoms with Gasteiger partial charge in [-0.25, -0.2) is 9.97 Å². The van der Waals surface area contributed by atoms with E-state index >= 15 is 0 Å². The van der Waals surface area contributed by atoms with Gasteiger partial charge in [0.2, 0.25) is 0 Å². The van der Waals surface area contributed by atoms with E-state index in [1.165, 1.54) is 11.1 Å². The molecule has 468 valence electrons. The Morgan fingerprint density at radius 3 is 0.771 bits per heavy atom. The van der Waals surface area contributed by atoms with Gasteiger partial charge in [-0.1, -0.05) is 48.5 Å². The molecular formula is C80H48Br8N4O4. The Balaban J connectivity index is 1.21. The number of benzene rings is 11. The number of H-pyrrole nitrogens is 2. The molecule has 16 heteroatoms. The molecular weight excluding hydrogens is 1720 g/mol. The van der Waals surface area contributed by atoms with E-state index in [1.54, 1.807) is 28.4 Å². The lowest BCUT2D eigenvalue weighted by Crippen LogP contribution is -2.06. The van der Waals surface area contributed by atoms with E-state index in [-0.39, 0.29) is 0 Å². The average Bonchev–Trinajstić information content (AvgIpc) is 1.55. The molecule has 2 aromatic heterocycles. The predicted octanol–water partition coefficient (Wildman–Crippen LogP) is 25.9. The third-order valence-electron chi connectivity index (χ3n) is 19.0. The number of fused-ring (bicyclic) bond motifs is 4. The Morgan fingerprint density at radius 2 is 0.510 bits per heavy atom. The van der Waals surface area contributed by atoms with Crippen molar-refractivity contribution in [3.63, 3.8) is 0 Å². The van der Waals surface area contributed by atoms with Crippen molar-refractivity contribution in [1.82, 2.24) is 19.9 Å². The molecule has 17 rings (SSSR count). The first-order valence-corrected chi connectivity index (χ1v) is 37.0. The molecule has 0 atom stereocenters. The van der Waals surface area contributed by atoms with Crippen molar-refractivity contribution in [2.45, 2.75) is 12.8 Å². The fourth-order valence-corrected chi connectivity index (χ4v) is 17.3. The van der Waals surface area contributed by atoms with E-state index in [2.05, 4.69) is 295 Å². The molecule has 2 N–H and O–H groups in total. The first-order valence-electron chi connectivity index (χ1n) is 30.6. The van der Waals surface area contributed by atoms with Crippen LogP contribution in [0.25, 0.3) is 155 Å². The molecule has 8 bridgehead atoms. The number of methoxy groups -OCH3 is 4. The standard InChI is InChI=1S/C80H48Br8N4O4/c1-93-49-13-5-37(6-14-49)69-73-53-21-41-29-61(81)63(83)31-43(41)23-55(53)75(89-73)70(38-7-15-50(94-2)16-8-38)77-57-25-45-33-65(85)67(87)35-47(45)27-59(57)79(91-77)72(40-11-19-52(96-4)20-12-40)80-60-28-48-36-68(88)66(86)34-46(48)26-58(60)78(92-80)71(39-9-17-51(95-3)18-10-39)76-56-24-44-32-64(84)62(82)30-42(44)22-54(56)74(69)90-76/h5-25,27,29-36,89,92H,26,28H2,1-4H3. The molecule has 0 unspecified atom stereocenters. The summed E-state index contributed by atoms with van der Waals surface area (Å²) in [6.07, 6.45) is 1.22. The van der Waals surface area contributed by atoms with Gasteiger partial charge in [-0.15, -0.1) is 0 Å². The van der Waals surface area contributed by atoms with Crippen molar-refractivity contribution >= 4 is 193 Å². The minimum atomic E-state index is 0.609. The number of aromatic nitrogens is 4. The first-order chi connectivity index (χ1) is 46.6. The van der Waals surface area contributed by atoms with Crippen LogP contribution in [0.4, 0.5) is 0 Å². The van der Waals surface area contributed by atoms with Gasteiger partial charge in [-0.05, 0) is 338 Å². The maximum Gasteiger partial charge on any atom is 0.118 e. The van der Waals surface area contributed by atoms with Gasteiger partial charge in [-0.3, -0.25) is 0 Å². The van der Waals surface area contributed by atoms with Crippen LogP contribution in [0.1, 0.15) is 22.3 Å². The molecule has 13 aromatic rings. The van der Waals surface area contributed by atoms with E-state index in [4.69, 9.17) is 28.9 Å². The van der Waals surface area contributed by atoms with Crippen LogP contribution in [0, 0.1) is 0 Å². The highest BCUT2D eigenvalue weighted by Crippen LogP contribution is 2.55. The normalized spacial score (nSPS) is 12.3. The Bertz CT molecular complexity index is 5550. The van der Waals surface area contributed by atoms with E-state index in [0.29, 0.717) is 12.8 Å². The van der Waals surface area contributed by atoms with Crippen molar-refractivity contribution in [3.05, 3.63) is 240 Å². The predicted molar refractivity (Wildman–Crippen MR) is 421 cm³/mol. The third-order valence-corrected chi connectivity index (χ3v) is 26.3. The number of halogens is 8. The minimum absolute atomic E-state index is 0.609. The molecule has 4 aliphatic rings. The lowest BCUT2D eigenvalue weighted by atomic mass is 9.84. The number of aromatic amines is 2. The Kier molecular flexibility index (Phi) is 15.7. The SMILES string of the molecule is COc1ccc(-c2c3nc(c(-c4ccc(OC)cc4)c4[nH]c(c(-c5ccc(OC)cc5)c5nc(c(-c6ccc(OC)cc6)c6[nH]c2c2c6Cc6cc(Br)c(Br)cc6C2)-c2cc6cc(Br)c(Br)cc6cc2-5)c2cc5cc(Br)c(Br)cc5cc42)-c2cc4cc(Br)c(Br)cc4cc2-3)cc1. The van der Waals surface area contributed by atoms with Crippen LogP contribution in [0.2, 0.25) is 0 Å². The van der Waals surface area contributed by atoms with E-state index < -0.39 is 0 Å². The molecule has 8 nitrogen and oxygen atoms in total. The Morgan fingerprint density at radius 1 is 0.281 bits per heavy atom. The van der Waals surface area contributed by atoms with Crippen LogP contribution in [0.5, 0.6) is 23.0 Å². The zero-order valence-corrected chi connectivity index (χ0v) is 64.0. The number of hydrogen-bond donors (Lipinski definition) is 2. The summed E-state index contributed by atoms with van der Waals surface area (Å²) < 4.78 is 31.4. The summed E-state index contributed by atoms with van der Waals surface area (Å²) in [5, 5.41) is 8.23. The monoisotopic (exact) mass is 1760 g/mol. The van der Waals surface area contributed by atoms with Gasteiger partial charge in [0, 0.05) is 104 Å². The highest BCUT2D eigenvalue weighted by molar-refractivity contribution is 9.14. The van der Waals surface area contributed by atoms with Crippen LogP contribution in [-0.2, 0) is 12.8 Å². The molecule has 0 radical (unpaired) electrons. The van der Waals surface area contributed by atoms with Gasteiger partial charge >= 0.3 is 0 Å². The maximum absolute atomic E-state index is 6.27. The lowest BCUT2D eigenvalue weighted by molar-refractivity contribution is 0.415. The highest BCUT2D eigenvalue weighted by atomic mass is 79.9. The summed E-state index contributed by atoms with van der Waals surface area (Å²) >= 11 is 31.4. The molecule has 0 fully saturated rings. The number of ether oxygens (including phenoxy) is 4. The van der Waals surface area contributed by atoms with Crippen molar-refractivity contribution in [3.8, 4) is 113 Å². The summed E-state index contributed by atoms with van der Waals surface area (Å²) in [6, 6.07) is 65.3. The number of hydrogen-bond acceptors (Lipinski definition) is 6. The number of nitrogens with one attached hydrogen (secondary N) is 2. The zero-order chi connectivity index (χ0) is 65.7. The summed E-state index contributed by atoms with van der Waals surface area (Å²) in [5.41, 5.74) is 22.8. The second kappa shape index (κ2) is 24.3. The second-order valence-electron chi connectivity index (χ2n) is 24.2. The summed E-state index contributed by atoms with van der Waals surface area (Å²) in [5.74, 6) is 2.94. The molecule has 2 aliphatic carbocycles. The average molecular weight is 1770 g/mol. The summed E-state index contributed by atoms with van der Waals surface area (Å²) in [6.45, 7) is 0. The van der Waals surface area contributed by atoms with Crippen molar-refractivity contribution in [2.75, 3.05) is 28.4 Å². The van der Waals surface area contributed by atoms with E-state index in [1.807, 2.05) is 24.3 Å². The van der Waals surface area contributed by atoms with E-state index in [0.717, 1.165) is 225 Å². The van der Waals surface area contributed by atoms with Crippen LogP contribution < -0.4 is 18.9 Å². The minimum Gasteiger partial charge on any atom is -0.497 e. The summed E-state index contributed by atoms with van der Waals surface area (Å²) in [7, 11) is 6.84. The molecule has 2 aliphatic heterocycles. The Hall–Kier alpha value is -7.38. The molecule has 4 heterocycles. The molecule has 0 amide bonds. The Labute approximate surface area is 618 Å². The smallest absolute Gasteiger partial charge is 0.118 e. The van der Waals surface area contributed by atoms with Gasteiger partial charge in [0.05, 0.1) is 73.3 Å². The van der Waals surface area contributed by atoms with Gasteiger partial charge in [0.1, 0.15) is 23.0 Å². The molecule has 0 spiro atoms. The van der Waals surface area contributed by atoms with Gasteiger partial charge in [-0.2, -0.15) is 0 Å². The fraction of sp³-hybridized carbons (Fsp3) is 0.0750. The van der Waals surface area contributed by atoms with E-state index in [9.17, 15) is 0 Å². The van der Waals surface area contributed by atoms with Crippen molar-refractivity contribution < 1.29 is 18.9 Å². The van der Waals surface area contributed by atoms with Gasteiger partial charge < -0.3 is 28.9 Å². The van der Waals surface area contributed by atoms with Crippen molar-refractivity contribution in [2.24, 2.45) is 0 Å². The maximum atomic E-state index is 6.27. The molecule has 0 saturated carbocycles. The topological polar surface area (TPSA) is 94.3 Å². The van der Waals surface area contributed by atoms with Gasteiger partial charge in [0.15, 0.2) is 0 Å². The van der Waals surface area contributed by atoms with Crippen LogP contribution >= 0.6 is 127 Å². The first kappa shape index (κ1) is 62.2. The summed E-state index contributed by atoms with van der Waals surface area (Å²) in [4.78, 5) is 21.2. The van der Waals surface area contributed by atoms with Crippen molar-refractivity contribution in [1.29, 1.82) is 0 Å². The lowest BCUT2D eigenvalue weighted by Gasteiger charge is -2.20. The number of nitrogens with zero attached hydrogens (tertiary/aromatic N) is 2. The second-order valence-corrected chi connectivity index (χ2v) is 31.0. The quantitative estimate of drug-likeness (QED) is 0.157. The fourth-order valence-electron chi connectivity index (χ4n) is 14.3. The van der Waals surface area contributed by atoms with Crippen LogP contribution in [0.3, 0.4) is 0 Å². The third kappa shape index (κ3) is 10.3. The largest absolute Gasteiger partial charge is 0.497 e. The molecule has 0 saturated heterocycles. The number of rotatable bonds is 8. The van der Waals surface area contributed by atoms with Gasteiger partial charge in [0.25, 0.3) is 0 Å². The van der Waals surface area contributed by atoms with Crippen LogP contribution in [-0.4, -0.2) is 48.4 Å². The zero-order valence-electron chi connectivity index (χ0n) is 51.3.